The zero-order valence-electron chi connectivity index (χ0n) is 6.98. The van der Waals surface area contributed by atoms with E-state index in [9.17, 15) is 10.1 Å². The maximum absolute atomic E-state index is 9.28. The van der Waals surface area contributed by atoms with Gasteiger partial charge >= 0.3 is 0 Å². The van der Waals surface area contributed by atoms with Crippen molar-refractivity contribution in [3.8, 4) is 0 Å². The van der Waals surface area contributed by atoms with Gasteiger partial charge in [-0.05, 0) is 12.1 Å². The molecule has 0 unspecified atom stereocenters. The Labute approximate surface area is 84.5 Å². The van der Waals surface area contributed by atoms with Gasteiger partial charge in [0.2, 0.25) is 5.96 Å². The van der Waals surface area contributed by atoms with Crippen LogP contribution in [0.25, 0.3) is 0 Å². The molecule has 0 amide bonds. The topological polar surface area (TPSA) is 118 Å². The molecule has 0 saturated heterocycles. The summed E-state index contributed by atoms with van der Waals surface area (Å²) in [5, 5.41) is 15.2. The standard InChI is InChI=1S/C5H4ClN.CH4N4O2/c6-5-3-1-2-4-7-5;2-1(3)4-5(6)7/h1-4H;(H4,2,3,4). The van der Waals surface area contributed by atoms with Crippen molar-refractivity contribution < 1.29 is 5.03 Å². The largest absolute Gasteiger partial charge is 0.366 e. The number of halogens is 1. The number of nitrogens with one attached hydrogen (secondary N) is 2. The van der Waals surface area contributed by atoms with Crippen LogP contribution in [0.1, 0.15) is 0 Å². The molecule has 0 bridgehead atoms. The quantitative estimate of drug-likeness (QED) is 0.207. The van der Waals surface area contributed by atoms with Gasteiger partial charge in [-0.2, -0.15) is 0 Å². The van der Waals surface area contributed by atoms with Crippen LogP contribution in [0, 0.1) is 15.5 Å². The van der Waals surface area contributed by atoms with Gasteiger partial charge in [-0.25, -0.2) is 15.1 Å². The number of hydrazine groups is 1. The summed E-state index contributed by atoms with van der Waals surface area (Å²) >= 11 is 5.43. The van der Waals surface area contributed by atoms with Crippen LogP contribution in [-0.4, -0.2) is 16.0 Å². The first kappa shape index (κ1) is 12.1. The van der Waals surface area contributed by atoms with E-state index in [0.29, 0.717) is 5.15 Å². The van der Waals surface area contributed by atoms with Crippen LogP contribution in [0.15, 0.2) is 24.4 Å². The molecular weight excluding hydrogens is 210 g/mol. The number of nitro groups is 1. The van der Waals surface area contributed by atoms with E-state index in [1.807, 2.05) is 12.1 Å². The maximum Gasteiger partial charge on any atom is 0.248 e. The van der Waals surface area contributed by atoms with Crippen molar-refractivity contribution in [1.29, 1.82) is 5.41 Å². The monoisotopic (exact) mass is 217 g/mol. The Hall–Kier alpha value is -1.89. The summed E-state index contributed by atoms with van der Waals surface area (Å²) in [5.41, 5.74) is 5.91. The van der Waals surface area contributed by atoms with Gasteiger partial charge in [-0.15, -0.1) is 0 Å². The van der Waals surface area contributed by atoms with Crippen LogP contribution in [0.4, 0.5) is 0 Å². The Bertz CT molecular complexity index is 292. The van der Waals surface area contributed by atoms with Crippen LogP contribution in [0.2, 0.25) is 5.15 Å². The fourth-order valence-electron chi connectivity index (χ4n) is 0.440. The third-order valence-corrected chi connectivity index (χ3v) is 1.06. The molecule has 0 aliphatic heterocycles. The van der Waals surface area contributed by atoms with Gasteiger partial charge in [0.15, 0.2) is 5.03 Å². The molecule has 0 aliphatic carbocycles. The molecule has 0 spiro atoms. The maximum atomic E-state index is 9.28. The summed E-state index contributed by atoms with van der Waals surface area (Å²) in [6.45, 7) is 0. The predicted molar refractivity (Wildman–Crippen MR) is 51.3 cm³/mol. The van der Waals surface area contributed by atoms with Crippen LogP contribution >= 0.6 is 11.6 Å². The zero-order valence-corrected chi connectivity index (χ0v) is 7.73. The Balaban J connectivity index is 0.000000241. The van der Waals surface area contributed by atoms with E-state index in [0.717, 1.165) is 0 Å². The first-order valence-corrected chi connectivity index (χ1v) is 3.71. The summed E-state index contributed by atoms with van der Waals surface area (Å²) in [5.74, 6) is -0.662. The van der Waals surface area contributed by atoms with E-state index >= 15 is 0 Å². The molecule has 14 heavy (non-hydrogen) atoms. The van der Waals surface area contributed by atoms with Gasteiger partial charge in [0.25, 0.3) is 0 Å². The first-order valence-electron chi connectivity index (χ1n) is 3.34. The van der Waals surface area contributed by atoms with E-state index < -0.39 is 11.0 Å². The Morgan fingerprint density at radius 2 is 2.36 bits per heavy atom. The molecule has 0 aliphatic rings. The van der Waals surface area contributed by atoms with Gasteiger partial charge < -0.3 is 5.73 Å². The Kier molecular flexibility index (Phi) is 5.72. The van der Waals surface area contributed by atoms with Crippen molar-refractivity contribution >= 4 is 17.6 Å². The number of nitrogens with two attached hydrogens (primary N) is 1. The summed E-state index contributed by atoms with van der Waals surface area (Å²) < 4.78 is 0. The minimum absolute atomic E-state index is 0.544. The summed E-state index contributed by atoms with van der Waals surface area (Å²) in [7, 11) is 0. The van der Waals surface area contributed by atoms with Gasteiger partial charge in [0, 0.05) is 6.20 Å². The zero-order chi connectivity index (χ0) is 11.0. The molecule has 1 rings (SSSR count). The molecule has 0 fully saturated rings. The molecule has 0 saturated carbocycles. The number of nitrogens with zero attached hydrogens (tertiary/aromatic N) is 2. The van der Waals surface area contributed by atoms with Crippen LogP contribution in [0.5, 0.6) is 0 Å². The highest BCUT2D eigenvalue weighted by Crippen LogP contribution is 1.98. The molecule has 0 aromatic carbocycles. The minimum atomic E-state index is -0.900. The number of rotatable bonds is 1. The lowest BCUT2D eigenvalue weighted by atomic mass is 10.5. The van der Waals surface area contributed by atoms with E-state index in [4.69, 9.17) is 17.0 Å². The highest BCUT2D eigenvalue weighted by molar-refractivity contribution is 6.29. The molecule has 1 aromatic rings. The van der Waals surface area contributed by atoms with Crippen molar-refractivity contribution in [1.82, 2.24) is 10.4 Å². The average Bonchev–Trinajstić information content (AvgIpc) is 2.03. The Morgan fingerprint density at radius 1 is 1.71 bits per heavy atom. The fraction of sp³-hybridized carbons (Fsp3) is 0. The molecule has 4 N–H and O–H groups in total. The molecule has 1 heterocycles. The van der Waals surface area contributed by atoms with Gasteiger partial charge in [-0.1, -0.05) is 23.1 Å². The molecule has 76 valence electrons. The lowest BCUT2D eigenvalue weighted by Gasteiger charge is -1.86. The lowest BCUT2D eigenvalue weighted by Crippen LogP contribution is -2.34. The third-order valence-electron chi connectivity index (χ3n) is 0.841. The van der Waals surface area contributed by atoms with Crippen molar-refractivity contribution in [3.05, 3.63) is 39.7 Å². The van der Waals surface area contributed by atoms with Gasteiger partial charge in [-0.3, -0.25) is 5.41 Å². The van der Waals surface area contributed by atoms with Gasteiger partial charge in [0.1, 0.15) is 5.15 Å². The second-order valence-corrected chi connectivity index (χ2v) is 2.32. The second-order valence-electron chi connectivity index (χ2n) is 1.94. The highest BCUT2D eigenvalue weighted by Gasteiger charge is 1.91. The molecule has 8 heteroatoms. The summed E-state index contributed by atoms with van der Waals surface area (Å²) in [6.07, 6.45) is 1.66. The minimum Gasteiger partial charge on any atom is -0.366 e. The number of hydrogen-bond donors (Lipinski definition) is 3. The smallest absolute Gasteiger partial charge is 0.248 e. The molecular formula is C6H8ClN5O2. The van der Waals surface area contributed by atoms with E-state index in [-0.39, 0.29) is 0 Å². The molecule has 1 aromatic heterocycles. The number of pyridine rings is 1. The van der Waals surface area contributed by atoms with Crippen molar-refractivity contribution in [3.63, 3.8) is 0 Å². The fourth-order valence-corrected chi connectivity index (χ4v) is 0.569. The molecule has 7 nitrogen and oxygen atoms in total. The SMILES string of the molecule is Clc1ccccn1.N=C(N)N[N+](=O)[O-]. The molecule has 0 atom stereocenters. The van der Waals surface area contributed by atoms with E-state index in [2.05, 4.69) is 10.7 Å². The second kappa shape index (κ2) is 6.61. The number of aromatic nitrogens is 1. The van der Waals surface area contributed by atoms with E-state index in [1.165, 1.54) is 5.43 Å². The summed E-state index contributed by atoms with van der Waals surface area (Å²) in [4.78, 5) is 13.0. The normalized spacial score (nSPS) is 8.07. The predicted octanol–water partition coefficient (Wildman–Crippen LogP) is 0.396. The average molecular weight is 218 g/mol. The highest BCUT2D eigenvalue weighted by atomic mass is 35.5. The lowest BCUT2D eigenvalue weighted by molar-refractivity contribution is -0.525. The third kappa shape index (κ3) is 8.21. The van der Waals surface area contributed by atoms with Crippen molar-refractivity contribution in [2.45, 2.75) is 0 Å². The molecule has 0 radical (unpaired) electrons. The first-order chi connectivity index (χ1) is 6.52. The number of guanidine groups is 1. The summed E-state index contributed by atoms with van der Waals surface area (Å²) in [6, 6.07) is 5.41. The van der Waals surface area contributed by atoms with Crippen LogP contribution in [-0.2, 0) is 0 Å². The Morgan fingerprint density at radius 3 is 2.50 bits per heavy atom. The number of hydrogen-bond acceptors (Lipinski definition) is 4. The van der Waals surface area contributed by atoms with Crippen LogP contribution in [0.3, 0.4) is 0 Å². The van der Waals surface area contributed by atoms with E-state index in [1.54, 1.807) is 12.3 Å². The van der Waals surface area contributed by atoms with Crippen molar-refractivity contribution in [2.24, 2.45) is 5.73 Å². The van der Waals surface area contributed by atoms with Crippen LogP contribution < -0.4 is 11.2 Å². The van der Waals surface area contributed by atoms with Crippen molar-refractivity contribution in [2.75, 3.05) is 0 Å². The van der Waals surface area contributed by atoms with Gasteiger partial charge in [0.05, 0.1) is 0 Å².